The molecule has 0 saturated heterocycles. The van der Waals surface area contributed by atoms with Crippen LogP contribution < -0.4 is 4.72 Å². The number of anilines is 1. The molecule has 2 aromatic carbocycles. The molecular formula is C14H10ClFN2O2S. The van der Waals surface area contributed by atoms with Crippen LogP contribution in [-0.4, -0.2) is 8.42 Å². The SMILES string of the molecule is Cc1cc(F)ccc1S(=O)(=O)Nc1cc(Cl)ccc1C#N. The summed E-state index contributed by atoms with van der Waals surface area (Å²) in [6, 6.07) is 9.47. The van der Waals surface area contributed by atoms with Crippen LogP contribution in [0.4, 0.5) is 10.1 Å². The van der Waals surface area contributed by atoms with E-state index in [-0.39, 0.29) is 21.7 Å². The van der Waals surface area contributed by atoms with Crippen LogP contribution in [-0.2, 0) is 10.0 Å². The van der Waals surface area contributed by atoms with Crippen LogP contribution in [0.3, 0.4) is 0 Å². The van der Waals surface area contributed by atoms with Crippen LogP contribution in [0.2, 0.25) is 5.02 Å². The third-order valence-corrected chi connectivity index (χ3v) is 4.53. The van der Waals surface area contributed by atoms with E-state index in [4.69, 9.17) is 16.9 Å². The van der Waals surface area contributed by atoms with Crippen molar-refractivity contribution in [3.05, 3.63) is 58.4 Å². The standard InChI is InChI=1S/C14H10ClFN2O2S/c1-9-6-12(16)4-5-14(9)21(19,20)18-13-7-11(15)3-2-10(13)8-17/h2-7,18H,1H3. The van der Waals surface area contributed by atoms with Crippen LogP contribution in [0.25, 0.3) is 0 Å². The van der Waals surface area contributed by atoms with E-state index < -0.39 is 15.8 Å². The summed E-state index contributed by atoms with van der Waals surface area (Å²) in [6.45, 7) is 1.49. The molecular weight excluding hydrogens is 315 g/mol. The topological polar surface area (TPSA) is 70.0 Å². The molecule has 0 bridgehead atoms. The minimum Gasteiger partial charge on any atom is -0.278 e. The highest BCUT2D eigenvalue weighted by atomic mass is 35.5. The molecule has 7 heteroatoms. The molecule has 0 aliphatic carbocycles. The van der Waals surface area contributed by atoms with Crippen LogP contribution >= 0.6 is 11.6 Å². The average molecular weight is 325 g/mol. The highest BCUT2D eigenvalue weighted by Gasteiger charge is 2.19. The zero-order valence-electron chi connectivity index (χ0n) is 10.9. The Morgan fingerprint density at radius 2 is 1.95 bits per heavy atom. The third kappa shape index (κ3) is 3.32. The number of halogens is 2. The van der Waals surface area contributed by atoms with Crippen molar-refractivity contribution in [2.24, 2.45) is 0 Å². The van der Waals surface area contributed by atoms with Gasteiger partial charge >= 0.3 is 0 Å². The van der Waals surface area contributed by atoms with Gasteiger partial charge in [0.15, 0.2) is 0 Å². The molecule has 2 rings (SSSR count). The number of nitrogens with zero attached hydrogens (tertiary/aromatic N) is 1. The summed E-state index contributed by atoms with van der Waals surface area (Å²) in [7, 11) is -3.94. The first-order valence-corrected chi connectivity index (χ1v) is 7.68. The fraction of sp³-hybridized carbons (Fsp3) is 0.0714. The molecule has 0 radical (unpaired) electrons. The zero-order chi connectivity index (χ0) is 15.6. The van der Waals surface area contributed by atoms with Gasteiger partial charge in [-0.1, -0.05) is 11.6 Å². The molecule has 0 unspecified atom stereocenters. The molecule has 21 heavy (non-hydrogen) atoms. The number of hydrogen-bond donors (Lipinski definition) is 1. The maximum absolute atomic E-state index is 13.1. The number of hydrogen-bond acceptors (Lipinski definition) is 3. The number of benzene rings is 2. The second kappa shape index (κ2) is 5.72. The lowest BCUT2D eigenvalue weighted by Gasteiger charge is -2.11. The second-order valence-electron chi connectivity index (χ2n) is 4.32. The van der Waals surface area contributed by atoms with Crippen molar-refractivity contribution in [2.45, 2.75) is 11.8 Å². The van der Waals surface area contributed by atoms with E-state index in [1.165, 1.54) is 31.2 Å². The molecule has 108 valence electrons. The molecule has 2 aromatic rings. The Hall–Kier alpha value is -2.10. The van der Waals surface area contributed by atoms with E-state index in [1.54, 1.807) is 0 Å². The summed E-state index contributed by atoms with van der Waals surface area (Å²) in [5.74, 6) is -0.521. The number of aryl methyl sites for hydroxylation is 1. The summed E-state index contributed by atoms with van der Waals surface area (Å²) in [6.07, 6.45) is 0. The van der Waals surface area contributed by atoms with E-state index in [9.17, 15) is 12.8 Å². The van der Waals surface area contributed by atoms with Gasteiger partial charge < -0.3 is 0 Å². The zero-order valence-corrected chi connectivity index (χ0v) is 12.5. The van der Waals surface area contributed by atoms with Gasteiger partial charge in [-0.25, -0.2) is 12.8 Å². The van der Waals surface area contributed by atoms with E-state index in [2.05, 4.69) is 4.72 Å². The number of rotatable bonds is 3. The largest absolute Gasteiger partial charge is 0.278 e. The lowest BCUT2D eigenvalue weighted by atomic mass is 10.2. The quantitative estimate of drug-likeness (QED) is 0.940. The first-order chi connectivity index (χ1) is 9.83. The van der Waals surface area contributed by atoms with Crippen molar-refractivity contribution >= 4 is 27.3 Å². The first-order valence-electron chi connectivity index (χ1n) is 5.82. The fourth-order valence-corrected chi connectivity index (χ4v) is 3.28. The van der Waals surface area contributed by atoms with Gasteiger partial charge in [-0.15, -0.1) is 0 Å². The molecule has 0 heterocycles. The monoisotopic (exact) mass is 324 g/mol. The van der Waals surface area contributed by atoms with Crippen molar-refractivity contribution in [2.75, 3.05) is 4.72 Å². The van der Waals surface area contributed by atoms with Crippen LogP contribution in [0, 0.1) is 24.1 Å². The summed E-state index contributed by atoms with van der Waals surface area (Å²) >= 11 is 5.81. The Balaban J connectivity index is 2.47. The molecule has 0 aliphatic heterocycles. The van der Waals surface area contributed by atoms with Crippen LogP contribution in [0.5, 0.6) is 0 Å². The molecule has 0 aliphatic rings. The molecule has 0 saturated carbocycles. The average Bonchev–Trinajstić information content (AvgIpc) is 2.37. The van der Waals surface area contributed by atoms with E-state index in [0.717, 1.165) is 12.1 Å². The number of sulfonamides is 1. The maximum Gasteiger partial charge on any atom is 0.262 e. The van der Waals surface area contributed by atoms with Crippen LogP contribution in [0.15, 0.2) is 41.3 Å². The lowest BCUT2D eigenvalue weighted by Crippen LogP contribution is -2.15. The highest BCUT2D eigenvalue weighted by molar-refractivity contribution is 7.92. The minimum atomic E-state index is -3.94. The molecule has 1 N–H and O–H groups in total. The Morgan fingerprint density at radius 1 is 1.24 bits per heavy atom. The van der Waals surface area contributed by atoms with Gasteiger partial charge in [0.25, 0.3) is 10.0 Å². The van der Waals surface area contributed by atoms with Gasteiger partial charge in [0.2, 0.25) is 0 Å². The number of nitriles is 1. The van der Waals surface area contributed by atoms with Crippen molar-refractivity contribution in [3.8, 4) is 6.07 Å². The number of nitrogens with one attached hydrogen (secondary N) is 1. The highest BCUT2D eigenvalue weighted by Crippen LogP contribution is 2.25. The van der Waals surface area contributed by atoms with Gasteiger partial charge in [-0.2, -0.15) is 5.26 Å². The van der Waals surface area contributed by atoms with Crippen molar-refractivity contribution in [1.29, 1.82) is 5.26 Å². The van der Waals surface area contributed by atoms with Crippen molar-refractivity contribution < 1.29 is 12.8 Å². The molecule has 0 aromatic heterocycles. The Kier molecular flexibility index (Phi) is 4.16. The van der Waals surface area contributed by atoms with Gasteiger partial charge in [0.05, 0.1) is 16.1 Å². The summed E-state index contributed by atoms with van der Waals surface area (Å²) in [5.41, 5.74) is 0.486. The molecule has 0 amide bonds. The molecule has 0 spiro atoms. The predicted molar refractivity (Wildman–Crippen MR) is 78.1 cm³/mol. The minimum absolute atomic E-state index is 0.0623. The van der Waals surface area contributed by atoms with E-state index >= 15 is 0 Å². The smallest absolute Gasteiger partial charge is 0.262 e. The van der Waals surface area contributed by atoms with Crippen molar-refractivity contribution in [1.82, 2.24) is 0 Å². The Bertz CT molecular complexity index is 845. The van der Waals surface area contributed by atoms with Gasteiger partial charge in [0.1, 0.15) is 11.9 Å². The predicted octanol–water partition coefficient (Wildman–Crippen LogP) is 3.46. The Morgan fingerprint density at radius 3 is 2.57 bits per heavy atom. The second-order valence-corrected chi connectivity index (χ2v) is 6.40. The normalized spacial score (nSPS) is 11.0. The van der Waals surface area contributed by atoms with E-state index in [1.807, 2.05) is 6.07 Å². The Labute approximate surface area is 126 Å². The summed E-state index contributed by atoms with van der Waals surface area (Å²) in [4.78, 5) is -0.0623. The summed E-state index contributed by atoms with van der Waals surface area (Å²) in [5, 5.41) is 9.28. The lowest BCUT2D eigenvalue weighted by molar-refractivity contribution is 0.598. The van der Waals surface area contributed by atoms with Gasteiger partial charge in [-0.05, 0) is 48.9 Å². The van der Waals surface area contributed by atoms with Gasteiger partial charge in [-0.3, -0.25) is 4.72 Å². The third-order valence-electron chi connectivity index (χ3n) is 2.77. The van der Waals surface area contributed by atoms with E-state index in [0.29, 0.717) is 5.02 Å². The molecule has 0 fully saturated rings. The summed E-state index contributed by atoms with van der Waals surface area (Å²) < 4.78 is 40.0. The van der Waals surface area contributed by atoms with Crippen molar-refractivity contribution in [3.63, 3.8) is 0 Å². The fourth-order valence-electron chi connectivity index (χ4n) is 1.81. The van der Waals surface area contributed by atoms with Gasteiger partial charge in [0, 0.05) is 5.02 Å². The molecule has 4 nitrogen and oxygen atoms in total. The maximum atomic E-state index is 13.1. The molecule has 0 atom stereocenters. The van der Waals surface area contributed by atoms with Crippen LogP contribution in [0.1, 0.15) is 11.1 Å². The first kappa shape index (κ1) is 15.3.